The van der Waals surface area contributed by atoms with Gasteiger partial charge in [0.15, 0.2) is 0 Å². The Hall–Kier alpha value is -5.99. The van der Waals surface area contributed by atoms with Crippen molar-refractivity contribution < 1.29 is 0 Å². The molecule has 0 saturated heterocycles. The van der Waals surface area contributed by atoms with Gasteiger partial charge in [0.05, 0.1) is 16.7 Å². The molecular formula is C45H30N2. The summed E-state index contributed by atoms with van der Waals surface area (Å²) in [6, 6.07) is 55.5. The average Bonchev–Trinajstić information content (AvgIpc) is 3.48. The SMILES string of the molecule is C1=c2ccc3c(-c4ccccn4)ccc4ccc(c2c43)C(c2cccc(-c3ccc4c(c3)c3ccccc3n4-c3ccccc3)c2)C1. The van der Waals surface area contributed by atoms with E-state index in [1.165, 1.54) is 82.1 Å². The predicted octanol–water partition coefficient (Wildman–Crippen LogP) is 10.9. The molecule has 2 aromatic heterocycles. The molecule has 1 aliphatic carbocycles. The van der Waals surface area contributed by atoms with Crippen LogP contribution in [0.5, 0.6) is 0 Å². The van der Waals surface area contributed by atoms with E-state index in [1.807, 2.05) is 12.3 Å². The molecule has 0 amide bonds. The van der Waals surface area contributed by atoms with Crippen molar-refractivity contribution in [2.24, 2.45) is 0 Å². The highest BCUT2D eigenvalue weighted by molar-refractivity contribution is 6.16. The summed E-state index contributed by atoms with van der Waals surface area (Å²) < 4.78 is 2.38. The van der Waals surface area contributed by atoms with E-state index in [-0.39, 0.29) is 0 Å². The molecule has 0 aliphatic heterocycles. The summed E-state index contributed by atoms with van der Waals surface area (Å²) in [6.45, 7) is 0. The lowest BCUT2D eigenvalue weighted by Gasteiger charge is -2.24. The summed E-state index contributed by atoms with van der Waals surface area (Å²) in [4.78, 5) is 4.70. The third kappa shape index (κ3) is 4.01. The molecule has 2 heteroatoms. The Morgan fingerprint density at radius 1 is 0.553 bits per heavy atom. The van der Waals surface area contributed by atoms with E-state index >= 15 is 0 Å². The van der Waals surface area contributed by atoms with Gasteiger partial charge in [-0.2, -0.15) is 0 Å². The van der Waals surface area contributed by atoms with Crippen LogP contribution < -0.4 is 5.22 Å². The van der Waals surface area contributed by atoms with Crippen molar-refractivity contribution >= 4 is 49.4 Å². The molecule has 220 valence electrons. The molecule has 7 aromatic carbocycles. The molecule has 0 fully saturated rings. The average molecular weight is 599 g/mol. The number of hydrogen-bond acceptors (Lipinski definition) is 1. The number of benzene rings is 7. The lowest BCUT2D eigenvalue weighted by atomic mass is 9.79. The lowest BCUT2D eigenvalue weighted by molar-refractivity contribution is 0.854. The normalized spacial score (nSPS) is 14.3. The number of pyridine rings is 1. The van der Waals surface area contributed by atoms with Crippen molar-refractivity contribution in [2.75, 3.05) is 0 Å². The Morgan fingerprint density at radius 2 is 1.38 bits per heavy atom. The summed E-state index contributed by atoms with van der Waals surface area (Å²) in [7, 11) is 0. The minimum atomic E-state index is 0.291. The van der Waals surface area contributed by atoms with Crippen LogP contribution in [0.2, 0.25) is 0 Å². The third-order valence-electron chi connectivity index (χ3n) is 10.2. The maximum absolute atomic E-state index is 4.70. The number of fused-ring (bicyclic) bond motifs is 3. The molecule has 10 rings (SSSR count). The van der Waals surface area contributed by atoms with Gasteiger partial charge in [0.25, 0.3) is 0 Å². The molecule has 1 unspecified atom stereocenters. The second kappa shape index (κ2) is 10.3. The maximum Gasteiger partial charge on any atom is 0.0708 e. The smallest absolute Gasteiger partial charge is 0.0708 e. The minimum Gasteiger partial charge on any atom is -0.309 e. The zero-order chi connectivity index (χ0) is 30.9. The number of rotatable bonds is 4. The Morgan fingerprint density at radius 3 is 2.30 bits per heavy atom. The standard InChI is InChI=1S/C45H30N2/c1-2-11-34(12-3-1)47-42-15-5-4-13-37(42)40-28-32(20-25-43(40)47)31-9-8-10-33(27-31)35-21-16-29-19-24-39-36(41-14-6-7-26-46-41)22-17-30-18-23-38(35)44(29)45(30)39/h1-20,22-28,35H,21H2. The molecule has 2 nitrogen and oxygen atoms in total. The third-order valence-corrected chi connectivity index (χ3v) is 10.2. The molecular weight excluding hydrogens is 569 g/mol. The van der Waals surface area contributed by atoms with Gasteiger partial charge >= 0.3 is 0 Å². The zero-order valence-electron chi connectivity index (χ0n) is 25.8. The first kappa shape index (κ1) is 26.2. The Bertz CT molecular complexity index is 2700. The Balaban J connectivity index is 1.11. The van der Waals surface area contributed by atoms with Crippen LogP contribution >= 0.6 is 0 Å². The van der Waals surface area contributed by atoms with Crippen LogP contribution in [0, 0.1) is 0 Å². The second-order valence-corrected chi connectivity index (χ2v) is 12.7. The van der Waals surface area contributed by atoms with E-state index < -0.39 is 0 Å². The number of hydrogen-bond donors (Lipinski definition) is 0. The summed E-state index contributed by atoms with van der Waals surface area (Å²) in [6.07, 6.45) is 5.31. The highest BCUT2D eigenvalue weighted by atomic mass is 15.0. The maximum atomic E-state index is 4.70. The minimum absolute atomic E-state index is 0.291. The van der Waals surface area contributed by atoms with E-state index in [4.69, 9.17) is 4.98 Å². The predicted molar refractivity (Wildman–Crippen MR) is 197 cm³/mol. The van der Waals surface area contributed by atoms with Crippen molar-refractivity contribution in [3.8, 4) is 28.1 Å². The van der Waals surface area contributed by atoms with E-state index in [9.17, 15) is 0 Å². The van der Waals surface area contributed by atoms with Crippen molar-refractivity contribution in [1.82, 2.24) is 9.55 Å². The first-order valence-electron chi connectivity index (χ1n) is 16.4. The van der Waals surface area contributed by atoms with Gasteiger partial charge in [-0.15, -0.1) is 0 Å². The molecule has 0 bridgehead atoms. The number of nitrogens with zero attached hydrogens (tertiary/aromatic N) is 2. The van der Waals surface area contributed by atoms with Gasteiger partial charge in [-0.05, 0) is 97.9 Å². The zero-order valence-corrected chi connectivity index (χ0v) is 25.8. The molecule has 47 heavy (non-hydrogen) atoms. The lowest BCUT2D eigenvalue weighted by Crippen LogP contribution is -2.15. The molecule has 0 radical (unpaired) electrons. The van der Waals surface area contributed by atoms with E-state index in [2.05, 4.69) is 156 Å². The monoisotopic (exact) mass is 598 g/mol. The highest BCUT2D eigenvalue weighted by Gasteiger charge is 2.23. The van der Waals surface area contributed by atoms with Crippen LogP contribution in [0.4, 0.5) is 0 Å². The number of aromatic nitrogens is 2. The Labute approximate surface area is 272 Å². The van der Waals surface area contributed by atoms with Crippen LogP contribution in [0.15, 0.2) is 158 Å². The fourth-order valence-electron chi connectivity index (χ4n) is 8.04. The van der Waals surface area contributed by atoms with Crippen LogP contribution in [-0.4, -0.2) is 9.55 Å². The quantitative estimate of drug-likeness (QED) is 0.197. The van der Waals surface area contributed by atoms with Crippen LogP contribution in [-0.2, 0) is 0 Å². The van der Waals surface area contributed by atoms with Crippen molar-refractivity contribution in [3.63, 3.8) is 0 Å². The van der Waals surface area contributed by atoms with Gasteiger partial charge in [0.2, 0.25) is 0 Å². The number of para-hydroxylation sites is 2. The second-order valence-electron chi connectivity index (χ2n) is 12.7. The van der Waals surface area contributed by atoms with Crippen LogP contribution in [0.1, 0.15) is 23.5 Å². The van der Waals surface area contributed by atoms with E-state index in [1.54, 1.807) is 0 Å². The van der Waals surface area contributed by atoms with E-state index in [0.717, 1.165) is 12.1 Å². The van der Waals surface area contributed by atoms with Gasteiger partial charge < -0.3 is 4.57 Å². The van der Waals surface area contributed by atoms with Crippen molar-refractivity contribution in [3.05, 3.63) is 174 Å². The van der Waals surface area contributed by atoms with E-state index in [0.29, 0.717) is 5.92 Å². The first-order valence-corrected chi connectivity index (χ1v) is 16.4. The van der Waals surface area contributed by atoms with Gasteiger partial charge in [-0.3, -0.25) is 4.98 Å². The fraction of sp³-hybridized carbons (Fsp3) is 0.0444. The molecule has 9 aromatic rings. The van der Waals surface area contributed by atoms with Gasteiger partial charge in [0, 0.05) is 34.1 Å². The van der Waals surface area contributed by atoms with Crippen molar-refractivity contribution in [1.29, 1.82) is 0 Å². The fourth-order valence-corrected chi connectivity index (χ4v) is 8.04. The summed E-state index contributed by atoms with van der Waals surface area (Å²) in [5.41, 5.74) is 11.1. The summed E-state index contributed by atoms with van der Waals surface area (Å²) in [5.74, 6) is 0.291. The Kier molecular flexibility index (Phi) is 5.73. The van der Waals surface area contributed by atoms with Gasteiger partial charge in [-0.25, -0.2) is 0 Å². The van der Waals surface area contributed by atoms with Crippen LogP contribution in [0.3, 0.4) is 0 Å². The molecule has 0 spiro atoms. The largest absolute Gasteiger partial charge is 0.309 e. The van der Waals surface area contributed by atoms with Crippen LogP contribution in [0.25, 0.3) is 77.5 Å². The molecule has 0 N–H and O–H groups in total. The first-order chi connectivity index (χ1) is 23.3. The highest BCUT2D eigenvalue weighted by Crippen LogP contribution is 2.42. The van der Waals surface area contributed by atoms with Gasteiger partial charge in [-0.1, -0.05) is 115 Å². The van der Waals surface area contributed by atoms with Crippen molar-refractivity contribution in [2.45, 2.75) is 12.3 Å². The molecule has 2 heterocycles. The molecule has 1 atom stereocenters. The summed E-state index contributed by atoms with van der Waals surface area (Å²) in [5, 5.41) is 9.18. The topological polar surface area (TPSA) is 17.8 Å². The molecule has 0 saturated carbocycles. The molecule has 1 aliphatic rings. The summed E-state index contributed by atoms with van der Waals surface area (Å²) >= 11 is 0. The van der Waals surface area contributed by atoms with Gasteiger partial charge in [0.1, 0.15) is 0 Å².